The number of aliphatic carboxylic acids is 1. The third kappa shape index (κ3) is 9.85. The van der Waals surface area contributed by atoms with Crippen LogP contribution >= 0.6 is 0 Å². The van der Waals surface area contributed by atoms with E-state index >= 15 is 0 Å². The van der Waals surface area contributed by atoms with Gasteiger partial charge in [-0.2, -0.15) is 0 Å². The molecule has 36 heavy (non-hydrogen) atoms. The number of hydrogen-bond acceptors (Lipinski definition) is 6. The quantitative estimate of drug-likeness (QED) is 0.326. The Labute approximate surface area is 212 Å². The van der Waals surface area contributed by atoms with Crippen LogP contribution in [0.2, 0.25) is 0 Å². The summed E-state index contributed by atoms with van der Waals surface area (Å²) in [5, 5.41) is 26.7. The van der Waals surface area contributed by atoms with Gasteiger partial charge >= 0.3 is 12.1 Å². The number of aliphatic hydroxyl groups is 1. The molecule has 0 heterocycles. The Hall–Kier alpha value is -3.14. The molecule has 5 N–H and O–H groups in total. The molecule has 10 heteroatoms. The standard InChI is InChI=1S/C26H39N3O7/c1-16(30)21(24(33)34)29-22(31)19-12-10-18(11-13-19)15-27-23(32)20(14-17-8-6-5-7-9-17)28-25(35)36-26(2,3)4/h5-9,16,18-21,30H,10-15H2,1-4H3,(H,27,32)(H,28,35)(H,29,31)(H,33,34)/t16-,18?,19?,20+,21+/m1/s1. The first kappa shape index (κ1) is 29.1. The summed E-state index contributed by atoms with van der Waals surface area (Å²) < 4.78 is 5.32. The van der Waals surface area contributed by atoms with E-state index in [1.54, 1.807) is 20.8 Å². The van der Waals surface area contributed by atoms with Crippen LogP contribution in [-0.2, 0) is 25.5 Å². The zero-order valence-electron chi connectivity index (χ0n) is 21.5. The van der Waals surface area contributed by atoms with Gasteiger partial charge in [-0.05, 0) is 64.9 Å². The Balaban J connectivity index is 1.89. The Morgan fingerprint density at radius 2 is 1.64 bits per heavy atom. The third-order valence-electron chi connectivity index (χ3n) is 6.12. The Morgan fingerprint density at radius 1 is 1.03 bits per heavy atom. The number of nitrogens with one attached hydrogen (secondary N) is 3. The van der Waals surface area contributed by atoms with Gasteiger partial charge in [-0.3, -0.25) is 9.59 Å². The Kier molecular flexibility index (Phi) is 10.7. The van der Waals surface area contributed by atoms with Crippen LogP contribution in [0.3, 0.4) is 0 Å². The predicted molar refractivity (Wildman–Crippen MR) is 133 cm³/mol. The van der Waals surface area contributed by atoms with Gasteiger partial charge in [0.25, 0.3) is 0 Å². The number of carboxylic acid groups (broad SMARTS) is 1. The van der Waals surface area contributed by atoms with Crippen molar-refractivity contribution >= 4 is 23.9 Å². The molecule has 10 nitrogen and oxygen atoms in total. The molecular weight excluding hydrogens is 466 g/mol. The van der Waals surface area contributed by atoms with E-state index in [1.807, 2.05) is 30.3 Å². The summed E-state index contributed by atoms with van der Waals surface area (Å²) in [5.41, 5.74) is 0.208. The fourth-order valence-electron chi connectivity index (χ4n) is 4.17. The van der Waals surface area contributed by atoms with E-state index in [2.05, 4.69) is 16.0 Å². The van der Waals surface area contributed by atoms with Crippen molar-refractivity contribution in [2.75, 3.05) is 6.54 Å². The number of benzene rings is 1. The lowest BCUT2D eigenvalue weighted by molar-refractivity contribution is -0.145. The van der Waals surface area contributed by atoms with E-state index in [-0.39, 0.29) is 23.7 Å². The van der Waals surface area contributed by atoms with Crippen LogP contribution in [0.15, 0.2) is 30.3 Å². The van der Waals surface area contributed by atoms with E-state index in [0.717, 1.165) is 5.56 Å². The first-order valence-corrected chi connectivity index (χ1v) is 12.4. The number of aliphatic hydroxyl groups excluding tert-OH is 1. The zero-order chi connectivity index (χ0) is 26.9. The highest BCUT2D eigenvalue weighted by molar-refractivity contribution is 5.86. The Bertz CT molecular complexity index is 891. The van der Waals surface area contributed by atoms with Crippen LogP contribution in [0.5, 0.6) is 0 Å². The van der Waals surface area contributed by atoms with Crippen LogP contribution in [0.1, 0.15) is 58.9 Å². The SMILES string of the molecule is C[C@@H](O)[C@H](NC(=O)C1CCC(CNC(=O)[C@H](Cc2ccccc2)NC(=O)OC(C)(C)C)CC1)C(=O)O. The molecule has 1 fully saturated rings. The van der Waals surface area contributed by atoms with E-state index in [0.29, 0.717) is 38.6 Å². The molecule has 1 aliphatic carbocycles. The molecule has 3 atom stereocenters. The second-order valence-electron chi connectivity index (χ2n) is 10.4. The maximum absolute atomic E-state index is 13.0. The summed E-state index contributed by atoms with van der Waals surface area (Å²) in [6.45, 7) is 6.98. The number of rotatable bonds is 10. The molecular formula is C26H39N3O7. The molecule has 0 saturated heterocycles. The van der Waals surface area contributed by atoms with E-state index < -0.39 is 35.9 Å². The molecule has 0 bridgehead atoms. The highest BCUT2D eigenvalue weighted by Crippen LogP contribution is 2.28. The lowest BCUT2D eigenvalue weighted by atomic mass is 9.81. The van der Waals surface area contributed by atoms with Crippen LogP contribution in [0.4, 0.5) is 4.79 Å². The summed E-state index contributed by atoms with van der Waals surface area (Å²) in [4.78, 5) is 49.0. The van der Waals surface area contributed by atoms with Gasteiger partial charge in [0.2, 0.25) is 11.8 Å². The molecule has 1 aromatic rings. The summed E-state index contributed by atoms with van der Waals surface area (Å²) in [5.74, 6) is -2.15. The molecule has 0 aromatic heterocycles. The average molecular weight is 506 g/mol. The molecule has 200 valence electrons. The van der Waals surface area contributed by atoms with Gasteiger partial charge in [0.15, 0.2) is 6.04 Å². The number of hydrogen-bond donors (Lipinski definition) is 5. The predicted octanol–water partition coefficient (Wildman–Crippen LogP) is 2.00. The lowest BCUT2D eigenvalue weighted by Crippen LogP contribution is -2.51. The topological polar surface area (TPSA) is 154 Å². The van der Waals surface area contributed by atoms with Crippen molar-refractivity contribution in [3.05, 3.63) is 35.9 Å². The molecule has 1 saturated carbocycles. The number of carboxylic acids is 1. The molecule has 0 spiro atoms. The lowest BCUT2D eigenvalue weighted by Gasteiger charge is -2.29. The van der Waals surface area contributed by atoms with Crippen molar-refractivity contribution in [1.29, 1.82) is 0 Å². The van der Waals surface area contributed by atoms with Crippen LogP contribution in [-0.4, -0.2) is 64.4 Å². The molecule has 2 rings (SSSR count). The number of carbonyl (C=O) groups is 4. The molecule has 0 unspecified atom stereocenters. The van der Waals surface area contributed by atoms with Gasteiger partial charge < -0.3 is 30.9 Å². The van der Waals surface area contributed by atoms with Gasteiger partial charge in [-0.15, -0.1) is 0 Å². The first-order chi connectivity index (χ1) is 16.9. The van der Waals surface area contributed by atoms with Crippen LogP contribution in [0, 0.1) is 11.8 Å². The van der Waals surface area contributed by atoms with E-state index in [1.165, 1.54) is 6.92 Å². The van der Waals surface area contributed by atoms with Crippen molar-refractivity contribution in [1.82, 2.24) is 16.0 Å². The van der Waals surface area contributed by atoms with Gasteiger partial charge in [0.1, 0.15) is 11.6 Å². The van der Waals surface area contributed by atoms with Crippen molar-refractivity contribution < 1.29 is 34.1 Å². The molecule has 0 radical (unpaired) electrons. The summed E-state index contributed by atoms with van der Waals surface area (Å²) >= 11 is 0. The second-order valence-corrected chi connectivity index (χ2v) is 10.4. The second kappa shape index (κ2) is 13.2. The molecule has 0 aliphatic heterocycles. The van der Waals surface area contributed by atoms with Crippen LogP contribution < -0.4 is 16.0 Å². The van der Waals surface area contributed by atoms with Crippen LogP contribution in [0.25, 0.3) is 0 Å². The number of carbonyl (C=O) groups excluding carboxylic acids is 3. The summed E-state index contributed by atoms with van der Waals surface area (Å²) in [6, 6.07) is 7.23. The molecule has 1 aromatic carbocycles. The molecule has 1 aliphatic rings. The maximum Gasteiger partial charge on any atom is 0.408 e. The van der Waals surface area contributed by atoms with Gasteiger partial charge in [-0.1, -0.05) is 30.3 Å². The first-order valence-electron chi connectivity index (χ1n) is 12.4. The number of alkyl carbamates (subject to hydrolysis) is 1. The minimum Gasteiger partial charge on any atom is -0.480 e. The number of ether oxygens (including phenoxy) is 1. The summed E-state index contributed by atoms with van der Waals surface area (Å²) in [7, 11) is 0. The van der Waals surface area contributed by atoms with Gasteiger partial charge in [0, 0.05) is 18.9 Å². The fourth-order valence-corrected chi connectivity index (χ4v) is 4.17. The minimum atomic E-state index is -1.34. The maximum atomic E-state index is 13.0. The summed E-state index contributed by atoms with van der Waals surface area (Å²) in [6.07, 6.45) is 0.941. The Morgan fingerprint density at radius 3 is 2.17 bits per heavy atom. The van der Waals surface area contributed by atoms with Crippen molar-refractivity contribution in [3.8, 4) is 0 Å². The highest BCUT2D eigenvalue weighted by atomic mass is 16.6. The van der Waals surface area contributed by atoms with Crippen molar-refractivity contribution in [3.63, 3.8) is 0 Å². The normalized spacial score (nSPS) is 20.4. The van der Waals surface area contributed by atoms with Gasteiger partial charge in [-0.25, -0.2) is 9.59 Å². The largest absolute Gasteiger partial charge is 0.480 e. The highest BCUT2D eigenvalue weighted by Gasteiger charge is 2.32. The van der Waals surface area contributed by atoms with Gasteiger partial charge in [0.05, 0.1) is 6.10 Å². The van der Waals surface area contributed by atoms with E-state index in [4.69, 9.17) is 9.84 Å². The van der Waals surface area contributed by atoms with E-state index in [9.17, 15) is 24.3 Å². The molecule has 3 amide bonds. The monoisotopic (exact) mass is 505 g/mol. The fraction of sp³-hybridized carbons (Fsp3) is 0.615. The van der Waals surface area contributed by atoms with Crippen molar-refractivity contribution in [2.45, 2.75) is 83.6 Å². The average Bonchev–Trinajstić information content (AvgIpc) is 2.79. The third-order valence-corrected chi connectivity index (χ3v) is 6.12. The zero-order valence-corrected chi connectivity index (χ0v) is 21.5. The minimum absolute atomic E-state index is 0.156. The number of amides is 3. The van der Waals surface area contributed by atoms with Crippen molar-refractivity contribution in [2.24, 2.45) is 11.8 Å². The smallest absolute Gasteiger partial charge is 0.408 e.